The maximum Gasteiger partial charge on any atom is 0.416 e. The number of pyridine rings is 1. The third kappa shape index (κ3) is 3.94. The summed E-state index contributed by atoms with van der Waals surface area (Å²) < 4.78 is 40.0. The molecule has 0 unspecified atom stereocenters. The Morgan fingerprint density at radius 2 is 1.94 bits per heavy atom. The lowest BCUT2D eigenvalue weighted by molar-refractivity contribution is -0.137. The number of rotatable bonds is 4. The van der Waals surface area contributed by atoms with Gasteiger partial charge in [0.05, 0.1) is 22.8 Å². The first-order valence-corrected chi connectivity index (χ1v) is 9.49. The Labute approximate surface area is 179 Å². The molecular formula is C22H17F3N4O3. The smallest absolute Gasteiger partial charge is 0.416 e. The summed E-state index contributed by atoms with van der Waals surface area (Å²) in [6.07, 6.45) is -3.20. The number of hydrogen-bond donors (Lipinski definition) is 3. The number of carbonyl (C=O) groups excluding carboxylic acids is 1. The summed E-state index contributed by atoms with van der Waals surface area (Å²) in [5.41, 5.74) is -0.251. The maximum absolute atomic E-state index is 12.9. The van der Waals surface area contributed by atoms with Gasteiger partial charge in [-0.3, -0.25) is 9.59 Å². The Bertz CT molecular complexity index is 1390. The van der Waals surface area contributed by atoms with Gasteiger partial charge in [-0.05, 0) is 42.3 Å². The molecule has 10 heteroatoms. The van der Waals surface area contributed by atoms with Crippen molar-refractivity contribution in [3.05, 3.63) is 87.3 Å². The zero-order valence-electron chi connectivity index (χ0n) is 16.7. The lowest BCUT2D eigenvalue weighted by Gasteiger charge is -2.10. The summed E-state index contributed by atoms with van der Waals surface area (Å²) in [6.45, 7) is 1.63. The van der Waals surface area contributed by atoms with Crippen molar-refractivity contribution >= 4 is 16.9 Å². The van der Waals surface area contributed by atoms with Gasteiger partial charge in [-0.25, -0.2) is 4.68 Å². The number of hydrogen-bond acceptors (Lipinski definition) is 4. The number of aromatic hydroxyl groups is 1. The Hall–Kier alpha value is -4.08. The quantitative estimate of drug-likeness (QED) is 0.449. The van der Waals surface area contributed by atoms with Crippen LogP contribution in [0.4, 0.5) is 13.2 Å². The first-order chi connectivity index (χ1) is 15.1. The summed E-state index contributed by atoms with van der Waals surface area (Å²) in [7, 11) is 0. The van der Waals surface area contributed by atoms with E-state index in [9.17, 15) is 27.9 Å². The molecule has 1 amide bonds. The molecule has 4 rings (SSSR count). The number of aryl methyl sites for hydroxylation is 1. The predicted octanol–water partition coefficient (Wildman–Crippen LogP) is 3.68. The van der Waals surface area contributed by atoms with E-state index in [0.717, 1.165) is 17.7 Å². The fraction of sp³-hybridized carbons (Fsp3) is 0.136. The van der Waals surface area contributed by atoms with E-state index >= 15 is 0 Å². The van der Waals surface area contributed by atoms with Gasteiger partial charge < -0.3 is 15.4 Å². The number of fused-ring (bicyclic) bond motifs is 1. The molecule has 0 radical (unpaired) electrons. The van der Waals surface area contributed by atoms with Gasteiger partial charge in [-0.15, -0.1) is 0 Å². The van der Waals surface area contributed by atoms with Crippen molar-refractivity contribution < 1.29 is 23.1 Å². The van der Waals surface area contributed by atoms with Gasteiger partial charge in [0.2, 0.25) is 0 Å². The van der Waals surface area contributed by atoms with Crippen LogP contribution in [-0.2, 0) is 12.7 Å². The molecule has 0 saturated heterocycles. The van der Waals surface area contributed by atoms with Gasteiger partial charge in [-0.1, -0.05) is 24.3 Å². The van der Waals surface area contributed by atoms with E-state index in [1.54, 1.807) is 6.07 Å². The fourth-order valence-electron chi connectivity index (χ4n) is 3.35. The van der Waals surface area contributed by atoms with Gasteiger partial charge in [0.25, 0.3) is 11.5 Å². The summed E-state index contributed by atoms with van der Waals surface area (Å²) in [4.78, 5) is 27.7. The molecule has 0 bridgehead atoms. The highest BCUT2D eigenvalue weighted by Crippen LogP contribution is 2.30. The van der Waals surface area contributed by atoms with Crippen LogP contribution in [0.25, 0.3) is 16.7 Å². The van der Waals surface area contributed by atoms with Gasteiger partial charge in [0, 0.05) is 6.54 Å². The van der Waals surface area contributed by atoms with Crippen molar-refractivity contribution in [2.45, 2.75) is 19.6 Å². The Morgan fingerprint density at radius 3 is 2.66 bits per heavy atom. The second kappa shape index (κ2) is 7.88. The Morgan fingerprint density at radius 1 is 1.19 bits per heavy atom. The molecule has 0 aliphatic heterocycles. The molecule has 0 fully saturated rings. The molecule has 2 heterocycles. The van der Waals surface area contributed by atoms with Crippen molar-refractivity contribution in [3.63, 3.8) is 0 Å². The molecule has 2 aromatic carbocycles. The number of amides is 1. The molecule has 4 aromatic rings. The van der Waals surface area contributed by atoms with Crippen LogP contribution < -0.4 is 10.9 Å². The van der Waals surface area contributed by atoms with E-state index in [4.69, 9.17) is 0 Å². The maximum atomic E-state index is 12.9. The van der Waals surface area contributed by atoms with Gasteiger partial charge in [0.1, 0.15) is 17.0 Å². The number of aromatic nitrogens is 3. The van der Waals surface area contributed by atoms with E-state index in [1.165, 1.54) is 23.0 Å². The van der Waals surface area contributed by atoms with Crippen LogP contribution in [0.3, 0.4) is 0 Å². The summed E-state index contributed by atoms with van der Waals surface area (Å²) in [5.74, 6) is -1.49. The largest absolute Gasteiger partial charge is 0.506 e. The van der Waals surface area contributed by atoms with E-state index in [1.807, 2.05) is 25.1 Å². The molecule has 0 spiro atoms. The van der Waals surface area contributed by atoms with Gasteiger partial charge >= 0.3 is 6.18 Å². The minimum absolute atomic E-state index is 0.148. The van der Waals surface area contributed by atoms with Crippen LogP contribution in [0.5, 0.6) is 5.75 Å². The average Bonchev–Trinajstić information content (AvgIpc) is 3.16. The van der Waals surface area contributed by atoms with Crippen LogP contribution >= 0.6 is 0 Å². The van der Waals surface area contributed by atoms with Crippen molar-refractivity contribution in [1.29, 1.82) is 0 Å². The number of H-pyrrole nitrogens is 1. The number of aromatic amines is 1. The predicted molar refractivity (Wildman–Crippen MR) is 111 cm³/mol. The normalized spacial score (nSPS) is 11.6. The molecule has 164 valence electrons. The van der Waals surface area contributed by atoms with E-state index in [-0.39, 0.29) is 23.1 Å². The number of alkyl halides is 3. The summed E-state index contributed by atoms with van der Waals surface area (Å²) in [5, 5.41) is 17.3. The first kappa shape index (κ1) is 21.2. The van der Waals surface area contributed by atoms with Crippen LogP contribution in [-0.4, -0.2) is 25.8 Å². The fourth-order valence-corrected chi connectivity index (χ4v) is 3.35. The van der Waals surface area contributed by atoms with Crippen molar-refractivity contribution in [2.24, 2.45) is 0 Å². The topological polar surface area (TPSA) is 100 Å². The second-order valence-electron chi connectivity index (χ2n) is 7.22. The molecule has 0 atom stereocenters. The van der Waals surface area contributed by atoms with Crippen molar-refractivity contribution in [2.75, 3.05) is 0 Å². The minimum atomic E-state index is -4.52. The SMILES string of the molecule is Cc1cccc(-n2ncc3c(O)c(C(=O)NCc4cccc(C(F)(F)F)c4)c(=O)[nH]c32)c1. The van der Waals surface area contributed by atoms with Crippen molar-refractivity contribution in [1.82, 2.24) is 20.1 Å². The minimum Gasteiger partial charge on any atom is -0.506 e. The molecular weight excluding hydrogens is 425 g/mol. The van der Waals surface area contributed by atoms with Crippen molar-refractivity contribution in [3.8, 4) is 11.4 Å². The van der Waals surface area contributed by atoms with E-state index in [2.05, 4.69) is 15.4 Å². The number of carbonyl (C=O) groups is 1. The van der Waals surface area contributed by atoms with Gasteiger partial charge in [-0.2, -0.15) is 18.3 Å². The molecule has 3 N–H and O–H groups in total. The molecule has 2 aromatic heterocycles. The second-order valence-corrected chi connectivity index (χ2v) is 7.22. The van der Waals surface area contributed by atoms with Crippen LogP contribution in [0.15, 0.2) is 59.5 Å². The van der Waals surface area contributed by atoms with Gasteiger partial charge in [0.15, 0.2) is 0 Å². The van der Waals surface area contributed by atoms with Crippen LogP contribution in [0.2, 0.25) is 0 Å². The molecule has 0 aliphatic carbocycles. The molecule has 32 heavy (non-hydrogen) atoms. The zero-order valence-corrected chi connectivity index (χ0v) is 16.7. The third-order valence-corrected chi connectivity index (χ3v) is 4.90. The Balaban J connectivity index is 1.64. The summed E-state index contributed by atoms with van der Waals surface area (Å²) >= 11 is 0. The Kier molecular flexibility index (Phi) is 5.21. The number of halogens is 3. The molecule has 7 nitrogen and oxygen atoms in total. The first-order valence-electron chi connectivity index (χ1n) is 9.49. The zero-order chi connectivity index (χ0) is 23.0. The third-order valence-electron chi connectivity index (χ3n) is 4.90. The highest BCUT2D eigenvalue weighted by atomic mass is 19.4. The highest BCUT2D eigenvalue weighted by molar-refractivity contribution is 6.01. The monoisotopic (exact) mass is 442 g/mol. The van der Waals surface area contributed by atoms with Crippen LogP contribution in [0.1, 0.15) is 27.0 Å². The summed E-state index contributed by atoms with van der Waals surface area (Å²) in [6, 6.07) is 11.8. The number of benzene rings is 2. The lowest BCUT2D eigenvalue weighted by atomic mass is 10.1. The number of nitrogens with one attached hydrogen (secondary N) is 2. The highest BCUT2D eigenvalue weighted by Gasteiger charge is 2.30. The standard InChI is InChI=1S/C22H17F3N4O3/c1-12-4-2-7-15(8-12)29-19-16(11-27-29)18(30)17(21(32)28-19)20(31)26-10-13-5-3-6-14(9-13)22(23,24)25/h2-9,11H,10H2,1H3,(H,26,31)(H2,28,30,32). The van der Waals surface area contributed by atoms with E-state index in [0.29, 0.717) is 5.69 Å². The van der Waals surface area contributed by atoms with E-state index < -0.39 is 34.5 Å². The van der Waals surface area contributed by atoms with Crippen LogP contribution in [0, 0.1) is 6.92 Å². The molecule has 0 saturated carbocycles. The lowest BCUT2D eigenvalue weighted by Crippen LogP contribution is -2.29. The number of nitrogens with zero attached hydrogens (tertiary/aromatic N) is 2. The average molecular weight is 442 g/mol. The molecule has 0 aliphatic rings.